The third-order valence-corrected chi connectivity index (χ3v) is 5.79. The molecule has 0 saturated heterocycles. The molecule has 0 bridgehead atoms. The molecule has 3 rings (SSSR count). The first-order chi connectivity index (χ1) is 13.6. The molecular formula is C20H16ClN3O4S. The first-order valence-corrected chi connectivity index (χ1v) is 10.3. The van der Waals surface area contributed by atoms with Crippen LogP contribution in [-0.4, -0.2) is 22.5 Å². The van der Waals surface area contributed by atoms with Gasteiger partial charge in [-0.3, -0.25) is 13.9 Å². The fourth-order valence-electron chi connectivity index (χ4n) is 3.09. The van der Waals surface area contributed by atoms with Gasteiger partial charge in [0.25, 0.3) is 15.7 Å². The SMILES string of the molecule is Cc1ccc(S(=O)(=O)O)c(-c2nc(C)n(-c3cccc(C#N)c3Cl)c(=O)c2C)c1. The van der Waals surface area contributed by atoms with Crippen LogP contribution in [0.4, 0.5) is 0 Å². The number of nitriles is 1. The van der Waals surface area contributed by atoms with E-state index in [9.17, 15) is 23.0 Å². The van der Waals surface area contributed by atoms with Crippen molar-refractivity contribution < 1.29 is 13.0 Å². The van der Waals surface area contributed by atoms with Crippen LogP contribution in [0.3, 0.4) is 0 Å². The second-order valence-electron chi connectivity index (χ2n) is 6.50. The molecule has 0 amide bonds. The monoisotopic (exact) mass is 429 g/mol. The minimum atomic E-state index is -4.52. The average Bonchev–Trinajstić information content (AvgIpc) is 2.65. The highest BCUT2D eigenvalue weighted by molar-refractivity contribution is 7.86. The molecule has 3 aromatic rings. The summed E-state index contributed by atoms with van der Waals surface area (Å²) in [4.78, 5) is 17.3. The highest BCUT2D eigenvalue weighted by Crippen LogP contribution is 2.30. The van der Waals surface area contributed by atoms with Crippen LogP contribution in [0.15, 0.2) is 46.1 Å². The van der Waals surface area contributed by atoms with Gasteiger partial charge in [0.15, 0.2) is 0 Å². The Kier molecular flexibility index (Phi) is 5.32. The average molecular weight is 430 g/mol. The molecule has 0 atom stereocenters. The van der Waals surface area contributed by atoms with Crippen molar-refractivity contribution >= 4 is 21.7 Å². The number of aromatic nitrogens is 2. The number of hydrogen-bond acceptors (Lipinski definition) is 5. The summed E-state index contributed by atoms with van der Waals surface area (Å²) >= 11 is 6.28. The summed E-state index contributed by atoms with van der Waals surface area (Å²) in [7, 11) is -4.52. The minimum Gasteiger partial charge on any atom is -0.282 e. The van der Waals surface area contributed by atoms with Crippen LogP contribution in [0.2, 0.25) is 5.02 Å². The van der Waals surface area contributed by atoms with Crippen molar-refractivity contribution in [1.82, 2.24) is 9.55 Å². The molecule has 2 aromatic carbocycles. The van der Waals surface area contributed by atoms with Gasteiger partial charge in [0.2, 0.25) is 0 Å². The van der Waals surface area contributed by atoms with E-state index < -0.39 is 15.7 Å². The van der Waals surface area contributed by atoms with Crippen molar-refractivity contribution in [2.24, 2.45) is 0 Å². The molecule has 0 aliphatic rings. The van der Waals surface area contributed by atoms with Crippen molar-refractivity contribution in [1.29, 1.82) is 5.26 Å². The smallest absolute Gasteiger partial charge is 0.282 e. The third kappa shape index (κ3) is 3.68. The molecule has 148 valence electrons. The fourth-order valence-corrected chi connectivity index (χ4v) is 4.02. The maximum atomic E-state index is 13.2. The van der Waals surface area contributed by atoms with E-state index in [0.717, 1.165) is 5.56 Å². The zero-order chi connectivity index (χ0) is 21.5. The Bertz CT molecular complexity index is 1360. The summed E-state index contributed by atoms with van der Waals surface area (Å²) in [6.07, 6.45) is 0. The number of hydrogen-bond donors (Lipinski definition) is 1. The van der Waals surface area contributed by atoms with Crippen LogP contribution in [-0.2, 0) is 10.1 Å². The maximum absolute atomic E-state index is 13.2. The van der Waals surface area contributed by atoms with Gasteiger partial charge in [-0.2, -0.15) is 13.7 Å². The Balaban J connectivity index is 2.37. The lowest BCUT2D eigenvalue weighted by molar-refractivity contribution is 0.483. The molecule has 0 spiro atoms. The van der Waals surface area contributed by atoms with Crippen molar-refractivity contribution in [2.75, 3.05) is 0 Å². The van der Waals surface area contributed by atoms with Crippen LogP contribution >= 0.6 is 11.6 Å². The lowest BCUT2D eigenvalue weighted by atomic mass is 10.0. The van der Waals surface area contributed by atoms with E-state index in [4.69, 9.17) is 11.6 Å². The zero-order valence-electron chi connectivity index (χ0n) is 15.8. The lowest BCUT2D eigenvalue weighted by Crippen LogP contribution is -2.26. The topological polar surface area (TPSA) is 113 Å². The molecular weight excluding hydrogens is 414 g/mol. The number of aryl methyl sites for hydroxylation is 2. The van der Waals surface area contributed by atoms with E-state index in [2.05, 4.69) is 4.98 Å². The molecule has 7 nitrogen and oxygen atoms in total. The summed E-state index contributed by atoms with van der Waals surface area (Å²) in [6.45, 7) is 4.84. The fraction of sp³-hybridized carbons (Fsp3) is 0.150. The van der Waals surface area contributed by atoms with Gasteiger partial charge in [0.05, 0.1) is 22.0 Å². The van der Waals surface area contributed by atoms with Gasteiger partial charge in [-0.1, -0.05) is 29.3 Å². The molecule has 1 heterocycles. The van der Waals surface area contributed by atoms with Gasteiger partial charge >= 0.3 is 0 Å². The number of rotatable bonds is 3. The minimum absolute atomic E-state index is 0.114. The second kappa shape index (κ2) is 7.44. The molecule has 0 unspecified atom stereocenters. The van der Waals surface area contributed by atoms with Crippen molar-refractivity contribution in [3.8, 4) is 23.0 Å². The Morgan fingerprint density at radius 2 is 1.86 bits per heavy atom. The Hall–Kier alpha value is -2.99. The summed E-state index contributed by atoms with van der Waals surface area (Å²) < 4.78 is 34.5. The number of benzene rings is 2. The molecule has 0 aliphatic carbocycles. The van der Waals surface area contributed by atoms with Crippen LogP contribution < -0.4 is 5.56 Å². The summed E-state index contributed by atoms with van der Waals surface area (Å²) in [6, 6.07) is 11.1. The molecule has 29 heavy (non-hydrogen) atoms. The molecule has 0 aliphatic heterocycles. The van der Waals surface area contributed by atoms with E-state index >= 15 is 0 Å². The largest absolute Gasteiger partial charge is 0.295 e. The van der Waals surface area contributed by atoms with Gasteiger partial charge in [0.1, 0.15) is 16.8 Å². The normalized spacial score (nSPS) is 11.3. The predicted octanol–water partition coefficient (Wildman–Crippen LogP) is 3.60. The Labute approximate surface area is 172 Å². The number of nitrogens with zero attached hydrogens (tertiary/aromatic N) is 3. The predicted molar refractivity (Wildman–Crippen MR) is 109 cm³/mol. The van der Waals surface area contributed by atoms with Gasteiger partial charge < -0.3 is 0 Å². The van der Waals surface area contributed by atoms with E-state index in [0.29, 0.717) is 5.69 Å². The molecule has 0 saturated carbocycles. The summed E-state index contributed by atoms with van der Waals surface area (Å²) in [5.74, 6) is 0.246. The first kappa shape index (κ1) is 20.7. The van der Waals surface area contributed by atoms with E-state index in [1.54, 1.807) is 38.1 Å². The Morgan fingerprint density at radius 3 is 2.48 bits per heavy atom. The van der Waals surface area contributed by atoms with Gasteiger partial charge in [-0.05, 0) is 45.0 Å². The van der Waals surface area contributed by atoms with Gasteiger partial charge in [-0.15, -0.1) is 0 Å². The lowest BCUT2D eigenvalue weighted by Gasteiger charge is -2.16. The maximum Gasteiger partial charge on any atom is 0.295 e. The Morgan fingerprint density at radius 1 is 1.17 bits per heavy atom. The first-order valence-electron chi connectivity index (χ1n) is 8.44. The van der Waals surface area contributed by atoms with Crippen LogP contribution in [0.25, 0.3) is 16.9 Å². The van der Waals surface area contributed by atoms with Gasteiger partial charge in [-0.25, -0.2) is 4.98 Å². The number of halogens is 1. The third-order valence-electron chi connectivity index (χ3n) is 4.48. The van der Waals surface area contributed by atoms with Crippen molar-refractivity contribution in [3.05, 3.63) is 74.3 Å². The summed E-state index contributed by atoms with van der Waals surface area (Å²) in [5.41, 5.74) is 1.23. The van der Waals surface area contributed by atoms with Crippen LogP contribution in [0.1, 0.15) is 22.5 Å². The second-order valence-corrected chi connectivity index (χ2v) is 8.27. The standard InChI is InChI=1S/C20H16ClN3O4S/c1-11-7-8-17(29(26,27)28)15(9-11)19-12(2)20(25)24(13(3)23-19)16-6-4-5-14(10-22)18(16)21/h4-9H,1-3H3,(H,26,27,28). The van der Waals surface area contributed by atoms with E-state index in [1.165, 1.54) is 23.6 Å². The van der Waals surface area contributed by atoms with Crippen LogP contribution in [0.5, 0.6) is 0 Å². The highest BCUT2D eigenvalue weighted by Gasteiger charge is 2.22. The molecule has 0 radical (unpaired) electrons. The van der Waals surface area contributed by atoms with Crippen LogP contribution in [0, 0.1) is 32.1 Å². The molecule has 0 fully saturated rings. The molecule has 1 N–H and O–H groups in total. The molecule has 1 aromatic heterocycles. The van der Waals surface area contributed by atoms with Crippen molar-refractivity contribution in [3.63, 3.8) is 0 Å². The molecule has 9 heteroatoms. The van der Waals surface area contributed by atoms with E-state index in [1.807, 2.05) is 6.07 Å². The van der Waals surface area contributed by atoms with Crippen molar-refractivity contribution in [2.45, 2.75) is 25.7 Å². The zero-order valence-corrected chi connectivity index (χ0v) is 17.3. The van der Waals surface area contributed by atoms with E-state index in [-0.39, 0.29) is 38.1 Å². The highest BCUT2D eigenvalue weighted by atomic mass is 35.5. The quantitative estimate of drug-likeness (QED) is 0.636. The van der Waals surface area contributed by atoms with Gasteiger partial charge in [0, 0.05) is 11.1 Å². The summed E-state index contributed by atoms with van der Waals surface area (Å²) in [5, 5.41) is 9.30.